The average molecular weight is 382 g/mol. The Morgan fingerprint density at radius 2 is 1.96 bits per heavy atom. The lowest BCUT2D eigenvalue weighted by Crippen LogP contribution is -2.45. The molecule has 0 aliphatic carbocycles. The van der Waals surface area contributed by atoms with Crippen molar-refractivity contribution in [2.24, 2.45) is 5.41 Å². The van der Waals surface area contributed by atoms with E-state index in [0.717, 1.165) is 39.1 Å². The number of rotatable bonds is 4. The summed E-state index contributed by atoms with van der Waals surface area (Å²) < 4.78 is 5.22. The van der Waals surface area contributed by atoms with Gasteiger partial charge in [-0.25, -0.2) is 4.98 Å². The topological polar surface area (TPSA) is 49.6 Å². The molecule has 0 bridgehead atoms. The van der Waals surface area contributed by atoms with Gasteiger partial charge in [0.05, 0.1) is 0 Å². The number of piperidine rings is 1. The van der Waals surface area contributed by atoms with E-state index in [1.165, 1.54) is 30.4 Å². The Morgan fingerprint density at radius 1 is 1.18 bits per heavy atom. The number of aryl methyl sites for hydroxylation is 1. The second-order valence-electron chi connectivity index (χ2n) is 8.94. The number of benzene rings is 1. The Labute approximate surface area is 167 Å². The molecule has 28 heavy (non-hydrogen) atoms. The maximum atomic E-state index is 12.8. The van der Waals surface area contributed by atoms with Crippen molar-refractivity contribution in [3.63, 3.8) is 0 Å². The minimum atomic E-state index is 0.0181. The van der Waals surface area contributed by atoms with Gasteiger partial charge in [-0.1, -0.05) is 38.1 Å². The van der Waals surface area contributed by atoms with Gasteiger partial charge in [0.15, 0.2) is 12.1 Å². The van der Waals surface area contributed by atoms with Crippen LogP contribution in [0.4, 0.5) is 0 Å². The van der Waals surface area contributed by atoms with Gasteiger partial charge in [0.2, 0.25) is 0 Å². The molecule has 2 aliphatic rings. The van der Waals surface area contributed by atoms with E-state index in [0.29, 0.717) is 17.4 Å². The fourth-order valence-corrected chi connectivity index (χ4v) is 4.81. The predicted molar refractivity (Wildman–Crippen MR) is 109 cm³/mol. The van der Waals surface area contributed by atoms with Crippen molar-refractivity contribution >= 4 is 5.91 Å². The van der Waals surface area contributed by atoms with Crippen LogP contribution in [0.15, 0.2) is 35.1 Å². The van der Waals surface area contributed by atoms with E-state index in [2.05, 4.69) is 48.0 Å². The van der Waals surface area contributed by atoms with Crippen LogP contribution in [0.1, 0.15) is 66.4 Å². The number of carbonyl (C=O) groups excluding carboxylic acids is 1. The van der Waals surface area contributed by atoms with Crippen molar-refractivity contribution < 1.29 is 9.21 Å². The molecule has 3 heterocycles. The molecule has 1 unspecified atom stereocenters. The summed E-state index contributed by atoms with van der Waals surface area (Å²) in [7, 11) is 0. The number of oxazole rings is 1. The average Bonchev–Trinajstić information content (AvgIpc) is 3.28. The first-order chi connectivity index (χ1) is 13.5. The van der Waals surface area contributed by atoms with Gasteiger partial charge >= 0.3 is 0 Å². The van der Waals surface area contributed by atoms with Gasteiger partial charge in [-0.05, 0) is 49.8 Å². The summed E-state index contributed by atoms with van der Waals surface area (Å²) in [6, 6.07) is 9.06. The number of nitrogens with zero attached hydrogens (tertiary/aromatic N) is 3. The molecule has 5 heteroatoms. The third kappa shape index (κ3) is 3.86. The van der Waals surface area contributed by atoms with Crippen molar-refractivity contribution in [3.05, 3.63) is 53.2 Å². The SMILES string of the molecule is Cc1ocnc1C(=O)N1CCC2(CCCN(Cc3ccc(C(C)C)cc3)C2)C1. The van der Waals surface area contributed by atoms with Crippen LogP contribution in [0.3, 0.4) is 0 Å². The minimum absolute atomic E-state index is 0.0181. The molecule has 4 rings (SSSR count). The maximum Gasteiger partial charge on any atom is 0.276 e. The highest BCUT2D eigenvalue weighted by molar-refractivity contribution is 5.93. The Morgan fingerprint density at radius 3 is 2.64 bits per heavy atom. The van der Waals surface area contributed by atoms with Crippen LogP contribution in [0.2, 0.25) is 0 Å². The first kappa shape index (κ1) is 19.2. The Kier molecular flexibility index (Phi) is 5.28. The van der Waals surface area contributed by atoms with Gasteiger partial charge in [-0.3, -0.25) is 9.69 Å². The summed E-state index contributed by atoms with van der Waals surface area (Å²) in [5, 5.41) is 0. The van der Waals surface area contributed by atoms with Gasteiger partial charge in [0.1, 0.15) is 5.76 Å². The van der Waals surface area contributed by atoms with Crippen LogP contribution in [0.25, 0.3) is 0 Å². The fourth-order valence-electron chi connectivity index (χ4n) is 4.81. The Hall–Kier alpha value is -2.14. The number of aromatic nitrogens is 1. The first-order valence-electron chi connectivity index (χ1n) is 10.5. The summed E-state index contributed by atoms with van der Waals surface area (Å²) in [6.07, 6.45) is 4.85. The monoisotopic (exact) mass is 381 g/mol. The van der Waals surface area contributed by atoms with Gasteiger partial charge < -0.3 is 9.32 Å². The summed E-state index contributed by atoms with van der Waals surface area (Å²) in [5.41, 5.74) is 3.47. The molecule has 2 aromatic rings. The van der Waals surface area contributed by atoms with E-state index in [1.807, 2.05) is 4.90 Å². The van der Waals surface area contributed by atoms with Crippen LogP contribution in [0.5, 0.6) is 0 Å². The van der Waals surface area contributed by atoms with Gasteiger partial charge in [0.25, 0.3) is 5.91 Å². The molecule has 5 nitrogen and oxygen atoms in total. The molecule has 1 aromatic carbocycles. The maximum absolute atomic E-state index is 12.8. The van der Waals surface area contributed by atoms with E-state index in [4.69, 9.17) is 4.42 Å². The zero-order valence-corrected chi connectivity index (χ0v) is 17.3. The number of amides is 1. The quantitative estimate of drug-likeness (QED) is 0.795. The highest BCUT2D eigenvalue weighted by Crippen LogP contribution is 2.40. The summed E-state index contributed by atoms with van der Waals surface area (Å²) in [4.78, 5) is 21.5. The number of likely N-dealkylation sites (tertiary alicyclic amines) is 2. The van der Waals surface area contributed by atoms with Crippen LogP contribution in [0, 0.1) is 12.3 Å². The molecule has 1 atom stereocenters. The number of hydrogen-bond acceptors (Lipinski definition) is 4. The van der Waals surface area contributed by atoms with Crippen molar-refractivity contribution in [1.82, 2.24) is 14.8 Å². The van der Waals surface area contributed by atoms with Crippen LogP contribution in [-0.2, 0) is 6.54 Å². The lowest BCUT2D eigenvalue weighted by Gasteiger charge is -2.40. The third-order valence-electron chi connectivity index (χ3n) is 6.47. The van der Waals surface area contributed by atoms with Crippen molar-refractivity contribution in [3.8, 4) is 0 Å². The second-order valence-corrected chi connectivity index (χ2v) is 8.94. The molecule has 1 amide bonds. The zero-order chi connectivity index (χ0) is 19.7. The Bertz CT molecular complexity index is 827. The molecule has 0 N–H and O–H groups in total. The minimum Gasteiger partial charge on any atom is -0.448 e. The van der Waals surface area contributed by atoms with Crippen LogP contribution < -0.4 is 0 Å². The summed E-state index contributed by atoms with van der Waals surface area (Å²) in [6.45, 7) is 11.1. The number of carbonyl (C=O) groups is 1. The molecule has 1 spiro atoms. The lowest BCUT2D eigenvalue weighted by molar-refractivity contribution is 0.0670. The molecule has 0 saturated carbocycles. The highest BCUT2D eigenvalue weighted by atomic mass is 16.3. The molecule has 1 aromatic heterocycles. The fraction of sp³-hybridized carbons (Fsp3) is 0.565. The lowest BCUT2D eigenvalue weighted by atomic mass is 9.79. The second kappa shape index (κ2) is 7.70. The largest absolute Gasteiger partial charge is 0.448 e. The smallest absolute Gasteiger partial charge is 0.276 e. The highest BCUT2D eigenvalue weighted by Gasteiger charge is 2.43. The zero-order valence-electron chi connectivity index (χ0n) is 17.3. The molecule has 2 fully saturated rings. The molecular formula is C23H31N3O2. The van der Waals surface area contributed by atoms with Crippen molar-refractivity contribution in [2.75, 3.05) is 26.2 Å². The van der Waals surface area contributed by atoms with E-state index in [9.17, 15) is 4.79 Å². The van der Waals surface area contributed by atoms with E-state index >= 15 is 0 Å². The standard InChI is InChI=1S/C23H31N3O2/c1-17(2)20-7-5-19(6-8-20)13-25-11-4-9-23(14-25)10-12-26(15-23)22(27)21-18(3)28-16-24-21/h5-8,16-17H,4,9-15H2,1-3H3. The van der Waals surface area contributed by atoms with Gasteiger partial charge in [-0.15, -0.1) is 0 Å². The van der Waals surface area contributed by atoms with E-state index in [-0.39, 0.29) is 11.3 Å². The summed E-state index contributed by atoms with van der Waals surface area (Å²) in [5.74, 6) is 1.20. The molecule has 2 saturated heterocycles. The summed E-state index contributed by atoms with van der Waals surface area (Å²) >= 11 is 0. The molecule has 150 valence electrons. The Balaban J connectivity index is 1.39. The van der Waals surface area contributed by atoms with E-state index in [1.54, 1.807) is 6.92 Å². The van der Waals surface area contributed by atoms with Crippen molar-refractivity contribution in [2.45, 2.75) is 52.5 Å². The van der Waals surface area contributed by atoms with Crippen molar-refractivity contribution in [1.29, 1.82) is 0 Å². The molecular weight excluding hydrogens is 350 g/mol. The van der Waals surface area contributed by atoms with Crippen LogP contribution in [-0.4, -0.2) is 46.9 Å². The van der Waals surface area contributed by atoms with Crippen LogP contribution >= 0.6 is 0 Å². The van der Waals surface area contributed by atoms with Gasteiger partial charge in [-0.2, -0.15) is 0 Å². The third-order valence-corrected chi connectivity index (χ3v) is 6.47. The molecule has 0 radical (unpaired) electrons. The first-order valence-corrected chi connectivity index (χ1v) is 10.5. The molecule has 2 aliphatic heterocycles. The van der Waals surface area contributed by atoms with E-state index < -0.39 is 0 Å². The predicted octanol–water partition coefficient (Wildman–Crippen LogP) is 4.23. The van der Waals surface area contributed by atoms with Gasteiger partial charge in [0, 0.05) is 31.6 Å². The normalized spacial score (nSPS) is 23.1. The number of hydrogen-bond donors (Lipinski definition) is 0.